The molecule has 2 rings (SSSR count). The summed E-state index contributed by atoms with van der Waals surface area (Å²) in [4.78, 5) is 8.14. The van der Waals surface area contributed by atoms with Crippen LogP contribution in [0.3, 0.4) is 0 Å². The Morgan fingerprint density at radius 2 is 2.05 bits per heavy atom. The summed E-state index contributed by atoms with van der Waals surface area (Å²) < 4.78 is 13.2. The van der Waals surface area contributed by atoms with Crippen LogP contribution in [0.5, 0.6) is 0 Å². The summed E-state index contributed by atoms with van der Waals surface area (Å²) in [6, 6.07) is 4.08. The molecule has 0 amide bonds. The molecule has 0 radical (unpaired) electrons. The molecule has 5 nitrogen and oxygen atoms in total. The van der Waals surface area contributed by atoms with Gasteiger partial charge in [-0.2, -0.15) is 0 Å². The van der Waals surface area contributed by atoms with Gasteiger partial charge in [0, 0.05) is 5.56 Å². The molecule has 1 aromatic carbocycles. The van der Waals surface area contributed by atoms with Crippen molar-refractivity contribution >= 4 is 28.9 Å². The Labute approximate surface area is 115 Å². The zero-order chi connectivity index (χ0) is 13.8. The van der Waals surface area contributed by atoms with Crippen molar-refractivity contribution in [2.24, 2.45) is 5.84 Å². The van der Waals surface area contributed by atoms with Gasteiger partial charge in [0.25, 0.3) is 0 Å². The van der Waals surface area contributed by atoms with E-state index in [2.05, 4.69) is 20.7 Å². The van der Waals surface area contributed by atoms with E-state index in [1.165, 1.54) is 24.5 Å². The first-order valence-electron chi connectivity index (χ1n) is 5.68. The quantitative estimate of drug-likeness (QED) is 0.593. The molecule has 4 N–H and O–H groups in total. The molecule has 1 heterocycles. The summed E-state index contributed by atoms with van der Waals surface area (Å²) >= 11 is 6.00. The number of rotatable bonds is 4. The van der Waals surface area contributed by atoms with Gasteiger partial charge >= 0.3 is 0 Å². The number of hydrazine groups is 1. The number of benzene rings is 1. The second kappa shape index (κ2) is 5.81. The number of nitrogens with two attached hydrogens (primary N) is 1. The molecule has 19 heavy (non-hydrogen) atoms. The van der Waals surface area contributed by atoms with Crippen molar-refractivity contribution in [3.63, 3.8) is 0 Å². The first kappa shape index (κ1) is 13.5. The average Bonchev–Trinajstić information content (AvgIpc) is 2.42. The van der Waals surface area contributed by atoms with E-state index in [1.54, 1.807) is 0 Å². The normalized spacial score (nSPS) is 10.3. The van der Waals surface area contributed by atoms with Crippen molar-refractivity contribution in [3.8, 4) is 0 Å². The highest BCUT2D eigenvalue weighted by molar-refractivity contribution is 6.33. The molecular formula is C12H13ClFN5. The molecular weight excluding hydrogens is 269 g/mol. The Kier molecular flexibility index (Phi) is 4.13. The summed E-state index contributed by atoms with van der Waals surface area (Å²) in [5, 5.41) is 3.40. The van der Waals surface area contributed by atoms with Crippen LogP contribution in [-0.2, 0) is 6.42 Å². The molecule has 0 spiro atoms. The number of nitrogens with one attached hydrogen (secondary N) is 2. The van der Waals surface area contributed by atoms with E-state index >= 15 is 0 Å². The molecule has 7 heteroatoms. The van der Waals surface area contributed by atoms with Gasteiger partial charge in [-0.3, -0.25) is 0 Å². The predicted molar refractivity (Wildman–Crippen MR) is 73.9 cm³/mol. The summed E-state index contributed by atoms with van der Waals surface area (Å²) in [5.41, 5.74) is 3.74. The molecule has 0 bridgehead atoms. The summed E-state index contributed by atoms with van der Waals surface area (Å²) in [6.45, 7) is 1.94. The van der Waals surface area contributed by atoms with Crippen molar-refractivity contribution in [1.29, 1.82) is 0 Å². The third kappa shape index (κ3) is 2.91. The zero-order valence-electron chi connectivity index (χ0n) is 10.2. The average molecular weight is 282 g/mol. The van der Waals surface area contributed by atoms with Crippen LogP contribution >= 0.6 is 11.6 Å². The number of aromatic nitrogens is 2. The highest BCUT2D eigenvalue weighted by Crippen LogP contribution is 2.28. The molecule has 0 aliphatic carbocycles. The monoisotopic (exact) mass is 281 g/mol. The van der Waals surface area contributed by atoms with E-state index in [4.69, 9.17) is 17.4 Å². The van der Waals surface area contributed by atoms with Gasteiger partial charge < -0.3 is 10.7 Å². The lowest BCUT2D eigenvalue weighted by molar-refractivity contribution is 0.628. The predicted octanol–water partition coefficient (Wildman–Crippen LogP) is 2.86. The fourth-order valence-electron chi connectivity index (χ4n) is 1.70. The van der Waals surface area contributed by atoms with Gasteiger partial charge in [-0.25, -0.2) is 20.2 Å². The molecule has 0 saturated heterocycles. The van der Waals surface area contributed by atoms with Crippen molar-refractivity contribution in [2.45, 2.75) is 13.3 Å². The Morgan fingerprint density at radius 3 is 2.74 bits per heavy atom. The van der Waals surface area contributed by atoms with Gasteiger partial charge in [0.05, 0.1) is 10.7 Å². The Bertz CT molecular complexity index is 590. The van der Waals surface area contributed by atoms with Gasteiger partial charge in [-0.05, 0) is 24.6 Å². The fourth-order valence-corrected chi connectivity index (χ4v) is 1.86. The molecule has 0 saturated carbocycles. The molecule has 2 aromatic rings. The Hall–Kier alpha value is -1.92. The van der Waals surface area contributed by atoms with E-state index < -0.39 is 0 Å². The van der Waals surface area contributed by atoms with Crippen LogP contribution in [0.25, 0.3) is 0 Å². The summed E-state index contributed by atoms with van der Waals surface area (Å²) in [5.74, 6) is 6.07. The van der Waals surface area contributed by atoms with Crippen LogP contribution in [0.4, 0.5) is 21.7 Å². The van der Waals surface area contributed by atoms with Gasteiger partial charge in [0.2, 0.25) is 0 Å². The van der Waals surface area contributed by atoms with E-state index in [0.717, 1.165) is 5.56 Å². The molecule has 0 aliphatic heterocycles. The largest absolute Gasteiger partial charge is 0.339 e. The molecule has 0 aliphatic rings. The van der Waals surface area contributed by atoms with Crippen molar-refractivity contribution in [2.75, 3.05) is 10.7 Å². The highest BCUT2D eigenvalue weighted by atomic mass is 35.5. The first-order valence-corrected chi connectivity index (χ1v) is 6.06. The fraction of sp³-hybridized carbons (Fsp3) is 0.167. The van der Waals surface area contributed by atoms with Crippen LogP contribution < -0.4 is 16.6 Å². The van der Waals surface area contributed by atoms with Gasteiger partial charge in [0.1, 0.15) is 23.8 Å². The summed E-state index contributed by atoms with van der Waals surface area (Å²) in [6.07, 6.45) is 2.03. The zero-order valence-corrected chi connectivity index (χ0v) is 11.0. The lowest BCUT2D eigenvalue weighted by atomic mass is 10.2. The lowest BCUT2D eigenvalue weighted by Gasteiger charge is -2.13. The molecule has 0 atom stereocenters. The maximum absolute atomic E-state index is 13.2. The number of hydrogen-bond donors (Lipinski definition) is 3. The van der Waals surface area contributed by atoms with Crippen LogP contribution in [0.15, 0.2) is 24.5 Å². The van der Waals surface area contributed by atoms with E-state index in [9.17, 15) is 4.39 Å². The second-order valence-corrected chi connectivity index (χ2v) is 4.20. The third-order valence-electron chi connectivity index (χ3n) is 2.62. The van der Waals surface area contributed by atoms with Crippen LogP contribution in [0, 0.1) is 5.82 Å². The van der Waals surface area contributed by atoms with Gasteiger partial charge in [-0.15, -0.1) is 0 Å². The van der Waals surface area contributed by atoms with Crippen molar-refractivity contribution < 1.29 is 4.39 Å². The number of nitrogens with zero attached hydrogens (tertiary/aromatic N) is 2. The van der Waals surface area contributed by atoms with Crippen LogP contribution in [0.1, 0.15) is 12.5 Å². The minimum Gasteiger partial charge on any atom is -0.339 e. The minimum atomic E-state index is -0.379. The van der Waals surface area contributed by atoms with E-state index in [-0.39, 0.29) is 5.82 Å². The Morgan fingerprint density at radius 1 is 1.32 bits per heavy atom. The van der Waals surface area contributed by atoms with Gasteiger partial charge in [-0.1, -0.05) is 18.5 Å². The maximum atomic E-state index is 13.2. The van der Waals surface area contributed by atoms with Crippen molar-refractivity contribution in [1.82, 2.24) is 9.97 Å². The number of halogens is 2. The number of hydrogen-bond acceptors (Lipinski definition) is 5. The first-order chi connectivity index (χ1) is 9.15. The van der Waals surface area contributed by atoms with Crippen LogP contribution in [-0.4, -0.2) is 9.97 Å². The Balaban J connectivity index is 2.40. The lowest BCUT2D eigenvalue weighted by Crippen LogP contribution is -2.13. The van der Waals surface area contributed by atoms with E-state index in [1.807, 2.05) is 6.92 Å². The molecule has 100 valence electrons. The SMILES string of the molecule is CCc1c(NN)ncnc1Nc1cc(F)ccc1Cl. The highest BCUT2D eigenvalue weighted by Gasteiger charge is 2.11. The molecule has 0 fully saturated rings. The van der Waals surface area contributed by atoms with Crippen LogP contribution in [0.2, 0.25) is 5.02 Å². The topological polar surface area (TPSA) is 75.9 Å². The molecule has 0 unspecified atom stereocenters. The maximum Gasteiger partial charge on any atom is 0.148 e. The molecule has 1 aromatic heterocycles. The third-order valence-corrected chi connectivity index (χ3v) is 2.95. The van der Waals surface area contributed by atoms with Gasteiger partial charge in [0.15, 0.2) is 0 Å². The number of anilines is 3. The standard InChI is InChI=1S/C12H13ClFN5/c1-2-8-11(16-6-17-12(8)19-15)18-10-5-7(14)3-4-9(10)13/h3-6H,2,15H2,1H3,(H2,16,17,18,19). The summed E-state index contributed by atoms with van der Waals surface area (Å²) in [7, 11) is 0. The smallest absolute Gasteiger partial charge is 0.148 e. The number of nitrogen functional groups attached to an aromatic ring is 1. The van der Waals surface area contributed by atoms with Crippen molar-refractivity contribution in [3.05, 3.63) is 40.9 Å². The second-order valence-electron chi connectivity index (χ2n) is 3.80. The van der Waals surface area contributed by atoms with E-state index in [0.29, 0.717) is 28.8 Å². The minimum absolute atomic E-state index is 0.379.